The van der Waals surface area contributed by atoms with Crippen LogP contribution in [0.2, 0.25) is 0 Å². The van der Waals surface area contributed by atoms with Gasteiger partial charge in [-0.3, -0.25) is 10.1 Å². The summed E-state index contributed by atoms with van der Waals surface area (Å²) in [6.07, 6.45) is 1.49. The average molecular weight is 313 g/mol. The van der Waals surface area contributed by atoms with Crippen LogP contribution in [0.25, 0.3) is 0 Å². The van der Waals surface area contributed by atoms with Gasteiger partial charge in [0.15, 0.2) is 5.76 Å². The second-order valence-electron chi connectivity index (χ2n) is 3.57. The van der Waals surface area contributed by atoms with Crippen molar-refractivity contribution in [3.8, 4) is 0 Å². The van der Waals surface area contributed by atoms with Gasteiger partial charge in [0.2, 0.25) is 5.82 Å². The predicted octanol–water partition coefficient (Wildman–Crippen LogP) is 2.66. The molecule has 0 radical (unpaired) electrons. The summed E-state index contributed by atoms with van der Waals surface area (Å²) in [6, 6.07) is 3.14. The number of nitro groups is 1. The van der Waals surface area contributed by atoms with Crippen molar-refractivity contribution in [2.75, 3.05) is 5.32 Å². The van der Waals surface area contributed by atoms with E-state index < -0.39 is 4.92 Å². The van der Waals surface area contributed by atoms with E-state index in [-0.39, 0.29) is 18.1 Å². The van der Waals surface area contributed by atoms with Crippen LogP contribution in [0.15, 0.2) is 27.3 Å². The first-order chi connectivity index (χ1) is 8.56. The summed E-state index contributed by atoms with van der Waals surface area (Å²) in [7, 11) is 0. The average Bonchev–Trinajstić information content (AvgIpc) is 2.73. The maximum absolute atomic E-state index is 10.9. The fraction of sp³-hybridized carbons (Fsp3) is 0.200. The smallest absolute Gasteiger partial charge is 0.312 e. The number of aryl methyl sites for hydroxylation is 1. The van der Waals surface area contributed by atoms with Gasteiger partial charge in [-0.25, -0.2) is 4.98 Å². The second-order valence-corrected chi connectivity index (χ2v) is 4.48. The molecule has 94 valence electrons. The minimum Gasteiger partial charge on any atom is -0.359 e. The van der Waals surface area contributed by atoms with Crippen molar-refractivity contribution >= 4 is 27.4 Å². The Bertz CT molecular complexity index is 584. The molecule has 0 fully saturated rings. The zero-order chi connectivity index (χ0) is 13.1. The third kappa shape index (κ3) is 2.83. The molecule has 0 atom stereocenters. The molecule has 1 N–H and O–H groups in total. The first kappa shape index (κ1) is 12.5. The molecule has 0 saturated heterocycles. The number of nitrogens with one attached hydrogen (secondary N) is 1. The minimum absolute atomic E-state index is 0.0967. The van der Waals surface area contributed by atoms with Gasteiger partial charge in [0.1, 0.15) is 0 Å². The number of halogens is 1. The molecule has 8 heteroatoms. The van der Waals surface area contributed by atoms with Gasteiger partial charge >= 0.3 is 5.69 Å². The van der Waals surface area contributed by atoms with Crippen LogP contribution in [0.3, 0.4) is 0 Å². The van der Waals surface area contributed by atoms with E-state index in [1.165, 1.54) is 12.3 Å². The van der Waals surface area contributed by atoms with Crippen LogP contribution >= 0.6 is 15.9 Å². The van der Waals surface area contributed by atoms with E-state index in [0.29, 0.717) is 10.2 Å². The summed E-state index contributed by atoms with van der Waals surface area (Å²) >= 11 is 3.14. The lowest BCUT2D eigenvalue weighted by Crippen LogP contribution is -2.04. The predicted molar refractivity (Wildman–Crippen MR) is 67.2 cm³/mol. The summed E-state index contributed by atoms with van der Waals surface area (Å²) in [5.41, 5.74) is 0.658. The zero-order valence-corrected chi connectivity index (χ0v) is 11.0. The first-order valence-corrected chi connectivity index (χ1v) is 5.81. The highest BCUT2D eigenvalue weighted by atomic mass is 79.9. The fourth-order valence-corrected chi connectivity index (χ4v) is 1.69. The van der Waals surface area contributed by atoms with E-state index in [2.05, 4.69) is 31.4 Å². The van der Waals surface area contributed by atoms with Crippen LogP contribution in [0.4, 0.5) is 11.5 Å². The summed E-state index contributed by atoms with van der Waals surface area (Å²) in [6.45, 7) is 2.09. The zero-order valence-electron chi connectivity index (χ0n) is 9.38. The molecule has 2 rings (SSSR count). The molecular weight excluding hydrogens is 304 g/mol. The van der Waals surface area contributed by atoms with Gasteiger partial charge in [0.05, 0.1) is 17.2 Å². The van der Waals surface area contributed by atoms with Crippen molar-refractivity contribution in [3.05, 3.63) is 44.4 Å². The Morgan fingerprint density at radius 1 is 1.56 bits per heavy atom. The number of nitrogens with zero attached hydrogens (tertiary/aromatic N) is 3. The molecule has 0 aliphatic rings. The van der Waals surface area contributed by atoms with Crippen LogP contribution in [0, 0.1) is 17.0 Å². The Kier molecular flexibility index (Phi) is 3.56. The molecular formula is C10H9BrN4O3. The quantitative estimate of drug-likeness (QED) is 0.689. The lowest BCUT2D eigenvalue weighted by molar-refractivity contribution is -0.384. The topological polar surface area (TPSA) is 94.1 Å². The van der Waals surface area contributed by atoms with Crippen molar-refractivity contribution in [1.82, 2.24) is 10.1 Å². The maximum atomic E-state index is 10.9. The number of rotatable bonds is 4. The molecule has 0 unspecified atom stereocenters. The summed E-state index contributed by atoms with van der Waals surface area (Å²) in [5.74, 6) is 0.781. The fourth-order valence-electron chi connectivity index (χ4n) is 1.37. The molecule has 2 heterocycles. The van der Waals surface area contributed by atoms with E-state index in [1.54, 1.807) is 13.0 Å². The minimum atomic E-state index is -0.494. The van der Waals surface area contributed by atoms with Gasteiger partial charge in [-0.1, -0.05) is 5.16 Å². The molecule has 7 nitrogen and oxygen atoms in total. The van der Waals surface area contributed by atoms with Crippen molar-refractivity contribution in [2.24, 2.45) is 0 Å². The number of hydrogen-bond donors (Lipinski definition) is 1. The SMILES string of the molecule is Cc1cc(CNc2ncc(Br)cc2[N+](=O)[O-])on1. The summed E-state index contributed by atoms with van der Waals surface area (Å²) < 4.78 is 5.54. The molecule has 18 heavy (non-hydrogen) atoms. The highest BCUT2D eigenvalue weighted by molar-refractivity contribution is 9.10. The molecule has 0 spiro atoms. The Morgan fingerprint density at radius 2 is 2.33 bits per heavy atom. The second kappa shape index (κ2) is 5.13. The van der Waals surface area contributed by atoms with Gasteiger partial charge in [-0.15, -0.1) is 0 Å². The molecule has 0 bridgehead atoms. The monoisotopic (exact) mass is 312 g/mol. The first-order valence-electron chi connectivity index (χ1n) is 5.02. The van der Waals surface area contributed by atoms with Crippen molar-refractivity contribution in [2.45, 2.75) is 13.5 Å². The summed E-state index contributed by atoms with van der Waals surface area (Å²) in [5, 5.41) is 17.4. The lowest BCUT2D eigenvalue weighted by atomic mass is 10.3. The van der Waals surface area contributed by atoms with Gasteiger partial charge in [-0.2, -0.15) is 0 Å². The normalized spacial score (nSPS) is 10.3. The third-order valence-electron chi connectivity index (χ3n) is 2.14. The van der Waals surface area contributed by atoms with Crippen molar-refractivity contribution in [1.29, 1.82) is 0 Å². The molecule has 0 aromatic carbocycles. The van der Waals surface area contributed by atoms with E-state index in [0.717, 1.165) is 5.69 Å². The molecule has 2 aromatic rings. The Balaban J connectivity index is 2.16. The lowest BCUT2D eigenvalue weighted by Gasteiger charge is -2.03. The standard InChI is InChI=1S/C10H9BrN4O3/c1-6-2-8(18-14-6)5-13-10-9(15(16)17)3-7(11)4-12-10/h2-4H,5H2,1H3,(H,12,13). The van der Waals surface area contributed by atoms with Crippen LogP contribution in [-0.2, 0) is 6.54 Å². The van der Waals surface area contributed by atoms with Gasteiger partial charge < -0.3 is 9.84 Å². The molecule has 0 aliphatic carbocycles. The number of pyridine rings is 1. The van der Waals surface area contributed by atoms with Crippen LogP contribution in [0.5, 0.6) is 0 Å². The Hall–Kier alpha value is -1.96. The molecule has 2 aromatic heterocycles. The third-order valence-corrected chi connectivity index (χ3v) is 2.57. The van der Waals surface area contributed by atoms with Crippen LogP contribution in [0.1, 0.15) is 11.5 Å². The van der Waals surface area contributed by atoms with Crippen LogP contribution < -0.4 is 5.32 Å². The highest BCUT2D eigenvalue weighted by Gasteiger charge is 2.16. The molecule has 0 saturated carbocycles. The van der Waals surface area contributed by atoms with E-state index >= 15 is 0 Å². The highest BCUT2D eigenvalue weighted by Crippen LogP contribution is 2.25. The van der Waals surface area contributed by atoms with Gasteiger partial charge in [0.25, 0.3) is 0 Å². The number of hydrogen-bond acceptors (Lipinski definition) is 6. The number of aromatic nitrogens is 2. The van der Waals surface area contributed by atoms with E-state index in [1.807, 2.05) is 0 Å². The summed E-state index contributed by atoms with van der Waals surface area (Å²) in [4.78, 5) is 14.3. The van der Waals surface area contributed by atoms with Gasteiger partial charge in [0, 0.05) is 22.8 Å². The van der Waals surface area contributed by atoms with E-state index in [4.69, 9.17) is 4.52 Å². The molecule has 0 amide bonds. The van der Waals surface area contributed by atoms with Crippen LogP contribution in [-0.4, -0.2) is 15.1 Å². The largest absolute Gasteiger partial charge is 0.359 e. The van der Waals surface area contributed by atoms with Crippen molar-refractivity contribution < 1.29 is 9.45 Å². The maximum Gasteiger partial charge on any atom is 0.312 e. The van der Waals surface area contributed by atoms with E-state index in [9.17, 15) is 10.1 Å². The van der Waals surface area contributed by atoms with Gasteiger partial charge in [-0.05, 0) is 22.9 Å². The molecule has 0 aliphatic heterocycles. The Labute approximate surface area is 110 Å². The number of anilines is 1. The van der Waals surface area contributed by atoms with Crippen molar-refractivity contribution in [3.63, 3.8) is 0 Å². The Morgan fingerprint density at radius 3 is 2.94 bits per heavy atom.